The fraction of sp³-hybridized carbons (Fsp3) is 0.167. The van der Waals surface area contributed by atoms with Crippen molar-refractivity contribution in [2.45, 2.75) is 12.8 Å². The third kappa shape index (κ3) is 7.05. The number of anilines is 1. The number of halogens is 2. The van der Waals surface area contributed by atoms with E-state index >= 15 is 0 Å². The fourth-order valence-corrected chi connectivity index (χ4v) is 2.77. The average molecular weight is 426 g/mol. The van der Waals surface area contributed by atoms with Crippen LogP contribution in [0.15, 0.2) is 42.5 Å². The number of carbonyl (C=O) groups excluding carboxylic acids is 2. The van der Waals surface area contributed by atoms with E-state index in [1.807, 2.05) is 0 Å². The molecule has 0 radical (unpaired) electrons. The highest BCUT2D eigenvalue weighted by molar-refractivity contribution is 7.80. The Morgan fingerprint density at radius 3 is 2.44 bits per heavy atom. The lowest BCUT2D eigenvalue weighted by atomic mass is 10.2. The van der Waals surface area contributed by atoms with Crippen LogP contribution in [0, 0.1) is 0 Å². The molecular weight excluding hydrogens is 409 g/mol. The van der Waals surface area contributed by atoms with Gasteiger partial charge in [0.15, 0.2) is 5.11 Å². The van der Waals surface area contributed by atoms with Crippen molar-refractivity contribution in [3.05, 3.63) is 58.1 Å². The lowest BCUT2D eigenvalue weighted by molar-refractivity contribution is -0.119. The van der Waals surface area contributed by atoms with Gasteiger partial charge in [-0.3, -0.25) is 9.59 Å². The Morgan fingerprint density at radius 2 is 1.81 bits per heavy atom. The van der Waals surface area contributed by atoms with Crippen LogP contribution < -0.4 is 21.1 Å². The first-order valence-electron chi connectivity index (χ1n) is 7.93. The Balaban J connectivity index is 1.70. The zero-order valence-corrected chi connectivity index (χ0v) is 16.5. The number of hydrogen-bond acceptors (Lipinski definition) is 4. The molecule has 2 aromatic rings. The van der Waals surface area contributed by atoms with Crippen molar-refractivity contribution in [1.29, 1.82) is 0 Å². The number of nitrogens with one attached hydrogen (secondary N) is 2. The van der Waals surface area contributed by atoms with Crippen molar-refractivity contribution in [2.24, 2.45) is 5.73 Å². The maximum atomic E-state index is 11.9. The molecule has 0 atom stereocenters. The number of amides is 2. The van der Waals surface area contributed by atoms with Gasteiger partial charge in [0, 0.05) is 22.7 Å². The minimum absolute atomic E-state index is 0.161. The quantitative estimate of drug-likeness (QED) is 0.463. The van der Waals surface area contributed by atoms with Gasteiger partial charge in [0.25, 0.3) is 0 Å². The second-order valence-electron chi connectivity index (χ2n) is 5.47. The van der Waals surface area contributed by atoms with Gasteiger partial charge in [0.1, 0.15) is 5.75 Å². The van der Waals surface area contributed by atoms with Crippen LogP contribution in [-0.2, 0) is 4.79 Å². The minimum Gasteiger partial charge on any atom is -0.492 e. The predicted molar refractivity (Wildman–Crippen MR) is 111 cm³/mol. The highest BCUT2D eigenvalue weighted by atomic mass is 35.5. The summed E-state index contributed by atoms with van der Waals surface area (Å²) in [6.07, 6.45) is 0.717. The molecule has 0 aliphatic carbocycles. The number of ether oxygens (including phenoxy) is 1. The lowest BCUT2D eigenvalue weighted by Crippen LogP contribution is -2.34. The van der Waals surface area contributed by atoms with Gasteiger partial charge in [0.05, 0.1) is 11.6 Å². The van der Waals surface area contributed by atoms with Gasteiger partial charge >= 0.3 is 0 Å². The Kier molecular flexibility index (Phi) is 7.84. The number of primary amides is 1. The standard InChI is InChI=1S/C18H17Cl2N3O3S/c19-12-5-8-15(14(20)10-12)26-9-1-2-16(24)23-18(27)22-13-6-3-11(4-7-13)17(21)25/h3-8,10H,1-2,9H2,(H2,21,25)(H2,22,23,24,27). The van der Waals surface area contributed by atoms with Gasteiger partial charge in [-0.1, -0.05) is 23.2 Å². The normalized spacial score (nSPS) is 10.1. The fourth-order valence-electron chi connectivity index (χ4n) is 2.08. The molecule has 4 N–H and O–H groups in total. The monoisotopic (exact) mass is 425 g/mol. The number of benzene rings is 2. The van der Waals surface area contributed by atoms with Gasteiger partial charge in [-0.25, -0.2) is 0 Å². The second-order valence-corrected chi connectivity index (χ2v) is 6.72. The number of carbonyl (C=O) groups is 2. The molecular formula is C18H17Cl2N3O3S. The van der Waals surface area contributed by atoms with Crippen molar-refractivity contribution in [1.82, 2.24) is 5.32 Å². The molecule has 2 rings (SSSR count). The molecule has 142 valence electrons. The number of hydrogen-bond donors (Lipinski definition) is 3. The smallest absolute Gasteiger partial charge is 0.248 e. The summed E-state index contributed by atoms with van der Waals surface area (Å²) in [4.78, 5) is 22.9. The molecule has 0 heterocycles. The molecule has 2 aromatic carbocycles. The molecule has 2 amide bonds. The van der Waals surface area contributed by atoms with Gasteiger partial charge in [0.2, 0.25) is 11.8 Å². The van der Waals surface area contributed by atoms with E-state index in [0.717, 1.165) is 0 Å². The van der Waals surface area contributed by atoms with Crippen molar-refractivity contribution in [2.75, 3.05) is 11.9 Å². The summed E-state index contributed by atoms with van der Waals surface area (Å²) in [6.45, 7) is 0.323. The van der Waals surface area contributed by atoms with Crippen LogP contribution in [0.4, 0.5) is 5.69 Å². The molecule has 0 saturated carbocycles. The number of thiocarbonyl (C=S) groups is 1. The highest BCUT2D eigenvalue weighted by Gasteiger charge is 2.07. The first kappa shape index (κ1) is 21.0. The van der Waals surface area contributed by atoms with Crippen LogP contribution in [-0.4, -0.2) is 23.5 Å². The summed E-state index contributed by atoms with van der Waals surface area (Å²) in [5, 5.41) is 6.53. The van der Waals surface area contributed by atoms with E-state index in [4.69, 9.17) is 45.9 Å². The van der Waals surface area contributed by atoms with Crippen LogP contribution in [0.1, 0.15) is 23.2 Å². The summed E-state index contributed by atoms with van der Waals surface area (Å²) in [7, 11) is 0. The third-order valence-corrected chi connectivity index (χ3v) is 4.11. The molecule has 0 aliphatic rings. The zero-order chi connectivity index (χ0) is 19.8. The topological polar surface area (TPSA) is 93.5 Å². The largest absolute Gasteiger partial charge is 0.492 e. The Hall–Kier alpha value is -2.35. The van der Waals surface area contributed by atoms with Gasteiger partial charge in [-0.05, 0) is 61.1 Å². The van der Waals surface area contributed by atoms with E-state index < -0.39 is 5.91 Å². The van der Waals surface area contributed by atoms with Crippen LogP contribution in [0.5, 0.6) is 5.75 Å². The summed E-state index contributed by atoms with van der Waals surface area (Å²) in [5.41, 5.74) is 6.19. The molecule has 0 bridgehead atoms. The van der Waals surface area contributed by atoms with Crippen LogP contribution in [0.25, 0.3) is 0 Å². The Bertz CT molecular complexity index is 844. The molecule has 9 heteroatoms. The SMILES string of the molecule is NC(=O)c1ccc(NC(=S)NC(=O)CCCOc2ccc(Cl)cc2Cl)cc1. The van der Waals surface area contributed by atoms with Gasteiger partial charge < -0.3 is 21.1 Å². The third-order valence-electron chi connectivity index (χ3n) is 3.38. The molecule has 6 nitrogen and oxygen atoms in total. The zero-order valence-electron chi connectivity index (χ0n) is 14.1. The van der Waals surface area contributed by atoms with Crippen LogP contribution >= 0.6 is 35.4 Å². The van der Waals surface area contributed by atoms with Crippen molar-refractivity contribution in [3.8, 4) is 5.75 Å². The molecule has 0 aliphatic heterocycles. The second kappa shape index (κ2) is 10.1. The minimum atomic E-state index is -0.514. The number of nitrogens with two attached hydrogens (primary N) is 1. The van der Waals surface area contributed by atoms with E-state index in [1.54, 1.807) is 42.5 Å². The molecule has 0 saturated heterocycles. The van der Waals surface area contributed by atoms with Crippen molar-refractivity contribution in [3.63, 3.8) is 0 Å². The van der Waals surface area contributed by atoms with Crippen molar-refractivity contribution >= 4 is 58.0 Å². The highest BCUT2D eigenvalue weighted by Crippen LogP contribution is 2.27. The van der Waals surface area contributed by atoms with Crippen LogP contribution in [0.3, 0.4) is 0 Å². The molecule has 0 aromatic heterocycles. The van der Waals surface area contributed by atoms with E-state index in [9.17, 15) is 9.59 Å². The first-order valence-corrected chi connectivity index (χ1v) is 9.10. The summed E-state index contributed by atoms with van der Waals surface area (Å²) >= 11 is 16.9. The number of rotatable bonds is 7. The maximum Gasteiger partial charge on any atom is 0.248 e. The van der Waals surface area contributed by atoms with E-state index in [0.29, 0.717) is 40.1 Å². The van der Waals surface area contributed by atoms with Crippen molar-refractivity contribution < 1.29 is 14.3 Å². The average Bonchev–Trinajstić information content (AvgIpc) is 2.60. The van der Waals surface area contributed by atoms with E-state index in [2.05, 4.69) is 10.6 Å². The molecule has 27 heavy (non-hydrogen) atoms. The molecule has 0 spiro atoms. The maximum absolute atomic E-state index is 11.9. The van der Waals surface area contributed by atoms with Gasteiger partial charge in [-0.15, -0.1) is 0 Å². The first-order chi connectivity index (χ1) is 12.8. The summed E-state index contributed by atoms with van der Waals surface area (Å²) in [5.74, 6) is -0.246. The summed E-state index contributed by atoms with van der Waals surface area (Å²) in [6, 6.07) is 11.3. The van der Waals surface area contributed by atoms with E-state index in [1.165, 1.54) is 0 Å². The van der Waals surface area contributed by atoms with E-state index in [-0.39, 0.29) is 17.4 Å². The van der Waals surface area contributed by atoms with Gasteiger partial charge in [-0.2, -0.15) is 0 Å². The Morgan fingerprint density at radius 1 is 1.11 bits per heavy atom. The molecule has 0 fully saturated rings. The predicted octanol–water partition coefficient (Wildman–Crippen LogP) is 3.76. The molecule has 0 unspecified atom stereocenters. The summed E-state index contributed by atoms with van der Waals surface area (Å²) < 4.78 is 5.52. The van der Waals surface area contributed by atoms with Crippen LogP contribution in [0.2, 0.25) is 10.0 Å². The Labute approximate surface area is 172 Å². The lowest BCUT2D eigenvalue weighted by Gasteiger charge is -2.10.